The van der Waals surface area contributed by atoms with Crippen LogP contribution >= 0.6 is 15.9 Å². The predicted molar refractivity (Wildman–Crippen MR) is 61.6 cm³/mol. The number of nitrogens with one attached hydrogen (secondary N) is 1. The van der Waals surface area contributed by atoms with Crippen LogP contribution in [0.15, 0.2) is 22.7 Å². The van der Waals surface area contributed by atoms with E-state index in [1.165, 1.54) is 0 Å². The molecule has 0 bridgehead atoms. The average Bonchev–Trinajstić information content (AvgIpc) is 2.19. The molecule has 4 nitrogen and oxygen atoms in total. The summed E-state index contributed by atoms with van der Waals surface area (Å²) in [6, 6.07) is 5.05. The van der Waals surface area contributed by atoms with Gasteiger partial charge in [0.05, 0.1) is 10.6 Å². The summed E-state index contributed by atoms with van der Waals surface area (Å²) < 4.78 is 6.24. The Labute approximate surface area is 96.9 Å². The van der Waals surface area contributed by atoms with E-state index >= 15 is 0 Å². The molecule has 1 amide bonds. The first-order valence-corrected chi connectivity index (χ1v) is 5.31. The summed E-state index contributed by atoms with van der Waals surface area (Å²) in [5.41, 5.74) is 2.55. The molecule has 0 spiro atoms. The Kier molecular flexibility index (Phi) is 4.11. The number of nitrogen functional groups attached to an aromatic ring is 1. The van der Waals surface area contributed by atoms with E-state index in [9.17, 15) is 4.79 Å². The second-order valence-corrected chi connectivity index (χ2v) is 4.14. The molecular formula is C10H13BrN2O2. The summed E-state index contributed by atoms with van der Waals surface area (Å²) in [5.74, 6) is 5.41. The summed E-state index contributed by atoms with van der Waals surface area (Å²) in [6.07, 6.45) is 0.0930. The van der Waals surface area contributed by atoms with Gasteiger partial charge in [0, 0.05) is 5.56 Å². The minimum Gasteiger partial charge on any atom is -0.490 e. The summed E-state index contributed by atoms with van der Waals surface area (Å²) in [6.45, 7) is 3.87. The molecule has 0 aliphatic heterocycles. The van der Waals surface area contributed by atoms with E-state index in [1.54, 1.807) is 18.2 Å². The van der Waals surface area contributed by atoms with Gasteiger partial charge in [0.2, 0.25) is 0 Å². The zero-order chi connectivity index (χ0) is 11.4. The van der Waals surface area contributed by atoms with Crippen LogP contribution in [0.5, 0.6) is 5.75 Å². The lowest BCUT2D eigenvalue weighted by Gasteiger charge is -2.11. The number of benzene rings is 1. The first kappa shape index (κ1) is 12.0. The molecule has 0 atom stereocenters. The highest BCUT2D eigenvalue weighted by molar-refractivity contribution is 9.10. The van der Waals surface area contributed by atoms with Crippen LogP contribution in [0.3, 0.4) is 0 Å². The molecule has 82 valence electrons. The summed E-state index contributed by atoms with van der Waals surface area (Å²) in [5, 5.41) is 0. The van der Waals surface area contributed by atoms with Crippen molar-refractivity contribution in [3.8, 4) is 5.75 Å². The maximum Gasteiger partial charge on any atom is 0.265 e. The number of carbonyl (C=O) groups is 1. The third-order valence-electron chi connectivity index (χ3n) is 1.69. The molecule has 0 radical (unpaired) electrons. The highest BCUT2D eigenvalue weighted by Crippen LogP contribution is 2.26. The maximum atomic E-state index is 11.2. The van der Waals surface area contributed by atoms with Gasteiger partial charge in [-0.3, -0.25) is 10.2 Å². The van der Waals surface area contributed by atoms with E-state index in [4.69, 9.17) is 10.6 Å². The van der Waals surface area contributed by atoms with Crippen molar-refractivity contribution >= 4 is 21.8 Å². The van der Waals surface area contributed by atoms with Gasteiger partial charge in [-0.1, -0.05) is 0 Å². The molecule has 0 unspecified atom stereocenters. The summed E-state index contributed by atoms with van der Waals surface area (Å²) in [4.78, 5) is 11.2. The summed E-state index contributed by atoms with van der Waals surface area (Å²) in [7, 11) is 0. The molecule has 1 aromatic carbocycles. The number of ether oxygens (including phenoxy) is 1. The molecule has 1 rings (SSSR count). The molecule has 0 aromatic heterocycles. The molecule has 3 N–H and O–H groups in total. The third kappa shape index (κ3) is 3.21. The molecule has 15 heavy (non-hydrogen) atoms. The third-order valence-corrected chi connectivity index (χ3v) is 2.31. The molecule has 0 fully saturated rings. The second kappa shape index (κ2) is 5.14. The second-order valence-electron chi connectivity index (χ2n) is 3.29. The van der Waals surface area contributed by atoms with Crippen LogP contribution in [-0.2, 0) is 0 Å². The van der Waals surface area contributed by atoms with Crippen LogP contribution in [0.25, 0.3) is 0 Å². The van der Waals surface area contributed by atoms with Crippen LogP contribution < -0.4 is 16.0 Å². The number of hydrogen-bond acceptors (Lipinski definition) is 3. The fraction of sp³-hybridized carbons (Fsp3) is 0.300. The first-order chi connectivity index (χ1) is 7.04. The zero-order valence-electron chi connectivity index (χ0n) is 8.58. The van der Waals surface area contributed by atoms with Crippen LogP contribution in [0.4, 0.5) is 0 Å². The van der Waals surface area contributed by atoms with Crippen molar-refractivity contribution in [3.63, 3.8) is 0 Å². The van der Waals surface area contributed by atoms with E-state index in [-0.39, 0.29) is 12.0 Å². The van der Waals surface area contributed by atoms with Crippen molar-refractivity contribution in [3.05, 3.63) is 28.2 Å². The van der Waals surface area contributed by atoms with Gasteiger partial charge in [0.25, 0.3) is 5.91 Å². The van der Waals surface area contributed by atoms with E-state index < -0.39 is 0 Å². The van der Waals surface area contributed by atoms with Crippen LogP contribution in [0, 0.1) is 0 Å². The average molecular weight is 273 g/mol. The van der Waals surface area contributed by atoms with Crippen molar-refractivity contribution in [1.29, 1.82) is 0 Å². The van der Waals surface area contributed by atoms with Gasteiger partial charge in [0.15, 0.2) is 0 Å². The van der Waals surface area contributed by atoms with E-state index in [1.807, 2.05) is 13.8 Å². The molecule has 5 heteroatoms. The first-order valence-electron chi connectivity index (χ1n) is 4.51. The molecule has 0 aliphatic rings. The fourth-order valence-electron chi connectivity index (χ4n) is 1.07. The van der Waals surface area contributed by atoms with E-state index in [2.05, 4.69) is 21.4 Å². The minimum absolute atomic E-state index is 0.0930. The number of amides is 1. The number of hydrogen-bond donors (Lipinski definition) is 2. The number of carbonyl (C=O) groups excluding carboxylic acids is 1. The predicted octanol–water partition coefficient (Wildman–Crippen LogP) is 1.84. The highest BCUT2D eigenvalue weighted by Gasteiger charge is 2.08. The Morgan fingerprint density at radius 3 is 2.67 bits per heavy atom. The standard InChI is InChI=1S/C10H13BrN2O2/c1-6(2)15-9-4-3-7(5-8(9)11)10(14)13-12/h3-6H,12H2,1-2H3,(H,13,14). The lowest BCUT2D eigenvalue weighted by molar-refractivity contribution is 0.0953. The number of nitrogens with two attached hydrogens (primary N) is 1. The maximum absolute atomic E-state index is 11.2. The Morgan fingerprint density at radius 1 is 1.53 bits per heavy atom. The van der Waals surface area contributed by atoms with Crippen molar-refractivity contribution in [2.75, 3.05) is 0 Å². The Balaban J connectivity index is 2.93. The van der Waals surface area contributed by atoms with Gasteiger partial charge in [-0.2, -0.15) is 0 Å². The molecule has 0 heterocycles. The van der Waals surface area contributed by atoms with Crippen LogP contribution in [-0.4, -0.2) is 12.0 Å². The van der Waals surface area contributed by atoms with Gasteiger partial charge in [-0.05, 0) is 48.0 Å². The van der Waals surface area contributed by atoms with Crippen molar-refractivity contribution in [1.82, 2.24) is 5.43 Å². The Hall–Kier alpha value is -1.07. The highest BCUT2D eigenvalue weighted by atomic mass is 79.9. The monoisotopic (exact) mass is 272 g/mol. The lowest BCUT2D eigenvalue weighted by Crippen LogP contribution is -2.29. The molecule has 1 aromatic rings. The van der Waals surface area contributed by atoms with Gasteiger partial charge < -0.3 is 4.74 Å². The fourth-order valence-corrected chi connectivity index (χ4v) is 1.55. The van der Waals surface area contributed by atoms with E-state index in [0.29, 0.717) is 11.3 Å². The number of halogens is 1. The van der Waals surface area contributed by atoms with Gasteiger partial charge in [-0.15, -0.1) is 0 Å². The molecular weight excluding hydrogens is 260 g/mol. The van der Waals surface area contributed by atoms with Crippen LogP contribution in [0.1, 0.15) is 24.2 Å². The SMILES string of the molecule is CC(C)Oc1ccc(C(=O)NN)cc1Br. The van der Waals surface area contributed by atoms with Crippen molar-refractivity contribution in [2.24, 2.45) is 5.84 Å². The molecule has 0 saturated heterocycles. The van der Waals surface area contributed by atoms with Gasteiger partial charge >= 0.3 is 0 Å². The normalized spacial score (nSPS) is 10.2. The lowest BCUT2D eigenvalue weighted by atomic mass is 10.2. The smallest absolute Gasteiger partial charge is 0.265 e. The number of rotatable bonds is 3. The molecule has 0 aliphatic carbocycles. The van der Waals surface area contributed by atoms with Gasteiger partial charge in [0.1, 0.15) is 5.75 Å². The summed E-state index contributed by atoms with van der Waals surface area (Å²) >= 11 is 3.33. The quantitative estimate of drug-likeness (QED) is 0.501. The van der Waals surface area contributed by atoms with E-state index in [0.717, 1.165) is 4.47 Å². The Morgan fingerprint density at radius 2 is 2.20 bits per heavy atom. The molecule has 0 saturated carbocycles. The Bertz CT molecular complexity index is 366. The topological polar surface area (TPSA) is 64.3 Å². The largest absolute Gasteiger partial charge is 0.490 e. The van der Waals surface area contributed by atoms with Crippen molar-refractivity contribution < 1.29 is 9.53 Å². The van der Waals surface area contributed by atoms with Crippen LogP contribution in [0.2, 0.25) is 0 Å². The minimum atomic E-state index is -0.327. The van der Waals surface area contributed by atoms with Crippen molar-refractivity contribution in [2.45, 2.75) is 20.0 Å². The zero-order valence-corrected chi connectivity index (χ0v) is 10.2. The van der Waals surface area contributed by atoms with Gasteiger partial charge in [-0.25, -0.2) is 5.84 Å². The number of hydrazine groups is 1.